The normalized spacial score (nSPS) is 11.6. The molecule has 0 atom stereocenters. The van der Waals surface area contributed by atoms with Gasteiger partial charge in [0, 0.05) is 22.8 Å². The molecule has 0 spiro atoms. The van der Waals surface area contributed by atoms with E-state index in [-0.39, 0.29) is 17.8 Å². The van der Waals surface area contributed by atoms with E-state index in [4.69, 9.17) is 11.6 Å². The Labute approximate surface area is 130 Å². The van der Waals surface area contributed by atoms with Crippen molar-refractivity contribution in [3.8, 4) is 0 Å². The Hall–Kier alpha value is -2.02. The molecule has 1 aromatic heterocycles. The second kappa shape index (κ2) is 6.39. The molecule has 0 fully saturated rings. The third-order valence-corrected chi connectivity index (χ3v) is 2.80. The van der Waals surface area contributed by atoms with Crippen molar-refractivity contribution >= 4 is 29.1 Å². The lowest BCUT2D eigenvalue weighted by Crippen LogP contribution is -2.17. The van der Waals surface area contributed by atoms with Gasteiger partial charge in [-0.05, 0) is 38.1 Å². The van der Waals surface area contributed by atoms with E-state index in [2.05, 4.69) is 20.6 Å². The second-order valence-corrected chi connectivity index (χ2v) is 5.33. The highest BCUT2D eigenvalue weighted by molar-refractivity contribution is 6.30. The van der Waals surface area contributed by atoms with Crippen molar-refractivity contribution in [2.24, 2.45) is 0 Å². The molecular formula is C14H14ClF3N4. The summed E-state index contributed by atoms with van der Waals surface area (Å²) in [5.41, 5.74) is -0.436. The van der Waals surface area contributed by atoms with Gasteiger partial charge < -0.3 is 10.6 Å². The van der Waals surface area contributed by atoms with Crippen molar-refractivity contribution in [1.82, 2.24) is 9.97 Å². The average Bonchev–Trinajstić information content (AvgIpc) is 2.39. The maximum atomic E-state index is 12.9. The topological polar surface area (TPSA) is 49.8 Å². The molecule has 2 aromatic rings. The molecule has 1 aromatic carbocycles. The van der Waals surface area contributed by atoms with Crippen LogP contribution in [0.2, 0.25) is 5.02 Å². The molecule has 0 aliphatic carbocycles. The molecule has 0 saturated heterocycles. The summed E-state index contributed by atoms with van der Waals surface area (Å²) < 4.78 is 38.7. The van der Waals surface area contributed by atoms with E-state index in [0.717, 1.165) is 6.07 Å². The molecule has 118 valence electrons. The van der Waals surface area contributed by atoms with Crippen LogP contribution in [-0.4, -0.2) is 16.0 Å². The minimum absolute atomic E-state index is 0.0489. The number of anilines is 3. The third kappa shape index (κ3) is 4.49. The van der Waals surface area contributed by atoms with Crippen molar-refractivity contribution in [2.75, 3.05) is 10.6 Å². The Morgan fingerprint density at radius 1 is 1.09 bits per heavy atom. The first-order valence-electron chi connectivity index (χ1n) is 6.49. The monoisotopic (exact) mass is 330 g/mol. The van der Waals surface area contributed by atoms with Crippen LogP contribution in [-0.2, 0) is 6.18 Å². The molecule has 0 aliphatic rings. The average molecular weight is 331 g/mol. The standard InChI is InChI=1S/C14H14ClF3N4/c1-8(2)19-13-21-11(14(16,17)18)7-12(22-13)20-10-5-3-9(15)4-6-10/h3-8H,1-2H3,(H2,19,20,21,22). The van der Waals surface area contributed by atoms with Crippen LogP contribution in [0.1, 0.15) is 19.5 Å². The van der Waals surface area contributed by atoms with Crippen LogP contribution in [0.15, 0.2) is 30.3 Å². The predicted octanol–water partition coefficient (Wildman–Crippen LogP) is 4.71. The van der Waals surface area contributed by atoms with Crippen molar-refractivity contribution in [3.63, 3.8) is 0 Å². The third-order valence-electron chi connectivity index (χ3n) is 2.55. The SMILES string of the molecule is CC(C)Nc1nc(Nc2ccc(Cl)cc2)cc(C(F)(F)F)n1. The van der Waals surface area contributed by atoms with Gasteiger partial charge in [0.05, 0.1) is 0 Å². The number of nitrogens with one attached hydrogen (secondary N) is 2. The van der Waals surface area contributed by atoms with E-state index >= 15 is 0 Å². The highest BCUT2D eigenvalue weighted by Crippen LogP contribution is 2.30. The number of benzene rings is 1. The molecular weight excluding hydrogens is 317 g/mol. The van der Waals surface area contributed by atoms with Crippen molar-refractivity contribution in [1.29, 1.82) is 0 Å². The second-order valence-electron chi connectivity index (χ2n) is 4.89. The zero-order valence-electron chi connectivity index (χ0n) is 11.9. The van der Waals surface area contributed by atoms with E-state index in [0.29, 0.717) is 10.7 Å². The molecule has 0 amide bonds. The lowest BCUT2D eigenvalue weighted by Gasteiger charge is -2.14. The highest BCUT2D eigenvalue weighted by atomic mass is 35.5. The quantitative estimate of drug-likeness (QED) is 0.852. The van der Waals surface area contributed by atoms with Gasteiger partial charge in [0.25, 0.3) is 0 Å². The van der Waals surface area contributed by atoms with Crippen LogP contribution in [0.25, 0.3) is 0 Å². The van der Waals surface area contributed by atoms with Crippen LogP contribution in [0.4, 0.5) is 30.6 Å². The van der Waals surface area contributed by atoms with Crippen LogP contribution in [0.3, 0.4) is 0 Å². The highest BCUT2D eigenvalue weighted by Gasteiger charge is 2.33. The number of nitrogens with zero attached hydrogens (tertiary/aromatic N) is 2. The lowest BCUT2D eigenvalue weighted by atomic mass is 10.3. The van der Waals surface area contributed by atoms with Crippen LogP contribution in [0.5, 0.6) is 0 Å². The summed E-state index contributed by atoms with van der Waals surface area (Å²) in [6, 6.07) is 7.32. The zero-order valence-corrected chi connectivity index (χ0v) is 12.6. The molecule has 0 unspecified atom stereocenters. The first kappa shape index (κ1) is 16.4. The molecule has 2 N–H and O–H groups in total. The Morgan fingerprint density at radius 2 is 1.73 bits per heavy atom. The summed E-state index contributed by atoms with van der Waals surface area (Å²) in [7, 11) is 0. The number of hydrogen-bond acceptors (Lipinski definition) is 4. The summed E-state index contributed by atoms with van der Waals surface area (Å²) in [4.78, 5) is 7.53. The molecule has 2 rings (SSSR count). The fraction of sp³-hybridized carbons (Fsp3) is 0.286. The first-order chi connectivity index (χ1) is 10.2. The predicted molar refractivity (Wildman–Crippen MR) is 80.5 cm³/mol. The van der Waals surface area contributed by atoms with E-state index in [1.54, 1.807) is 38.1 Å². The maximum Gasteiger partial charge on any atom is 0.433 e. The molecule has 0 radical (unpaired) electrons. The van der Waals surface area contributed by atoms with Crippen molar-refractivity contribution in [3.05, 3.63) is 41.0 Å². The van der Waals surface area contributed by atoms with Gasteiger partial charge in [-0.15, -0.1) is 0 Å². The molecule has 22 heavy (non-hydrogen) atoms. The Morgan fingerprint density at radius 3 is 2.27 bits per heavy atom. The van der Waals surface area contributed by atoms with Crippen LogP contribution in [0, 0.1) is 0 Å². The largest absolute Gasteiger partial charge is 0.433 e. The van der Waals surface area contributed by atoms with Gasteiger partial charge in [-0.2, -0.15) is 18.2 Å². The fourth-order valence-electron chi connectivity index (χ4n) is 1.66. The zero-order chi connectivity index (χ0) is 16.3. The van der Waals surface area contributed by atoms with Gasteiger partial charge in [0.1, 0.15) is 5.82 Å². The first-order valence-corrected chi connectivity index (χ1v) is 6.87. The van der Waals surface area contributed by atoms with Crippen LogP contribution < -0.4 is 10.6 Å². The number of aromatic nitrogens is 2. The minimum Gasteiger partial charge on any atom is -0.352 e. The van der Waals surface area contributed by atoms with Gasteiger partial charge in [0.2, 0.25) is 5.95 Å². The number of rotatable bonds is 4. The molecule has 0 bridgehead atoms. The fourth-order valence-corrected chi connectivity index (χ4v) is 1.79. The molecule has 1 heterocycles. The van der Waals surface area contributed by atoms with E-state index < -0.39 is 11.9 Å². The summed E-state index contributed by atoms with van der Waals surface area (Å²) in [5.74, 6) is -0.0333. The van der Waals surface area contributed by atoms with Gasteiger partial charge >= 0.3 is 6.18 Å². The summed E-state index contributed by atoms with van der Waals surface area (Å²) in [6.45, 7) is 3.58. The minimum atomic E-state index is -4.55. The molecule has 4 nitrogen and oxygen atoms in total. The van der Waals surface area contributed by atoms with Gasteiger partial charge in [0.15, 0.2) is 5.69 Å². The number of halogens is 4. The van der Waals surface area contributed by atoms with Gasteiger partial charge in [-0.1, -0.05) is 11.6 Å². The summed E-state index contributed by atoms with van der Waals surface area (Å²) >= 11 is 5.77. The number of alkyl halides is 3. The Kier molecular flexibility index (Phi) is 4.75. The van der Waals surface area contributed by atoms with Crippen LogP contribution >= 0.6 is 11.6 Å². The van der Waals surface area contributed by atoms with Crippen molar-refractivity contribution in [2.45, 2.75) is 26.1 Å². The van der Waals surface area contributed by atoms with Gasteiger partial charge in [-0.3, -0.25) is 0 Å². The lowest BCUT2D eigenvalue weighted by molar-refractivity contribution is -0.141. The van der Waals surface area contributed by atoms with E-state index in [1.807, 2.05) is 0 Å². The summed E-state index contributed by atoms with van der Waals surface area (Å²) in [6.07, 6.45) is -4.55. The van der Waals surface area contributed by atoms with Gasteiger partial charge in [-0.25, -0.2) is 4.98 Å². The number of hydrogen-bond donors (Lipinski definition) is 2. The Bertz CT molecular complexity index is 642. The molecule has 0 aliphatic heterocycles. The Balaban J connectivity index is 2.34. The smallest absolute Gasteiger partial charge is 0.352 e. The molecule has 8 heteroatoms. The van der Waals surface area contributed by atoms with E-state index in [9.17, 15) is 13.2 Å². The van der Waals surface area contributed by atoms with Crippen molar-refractivity contribution < 1.29 is 13.2 Å². The molecule has 0 saturated carbocycles. The van der Waals surface area contributed by atoms with E-state index in [1.165, 1.54) is 0 Å². The maximum absolute atomic E-state index is 12.9. The summed E-state index contributed by atoms with van der Waals surface area (Å²) in [5, 5.41) is 6.11.